The van der Waals surface area contributed by atoms with E-state index < -0.39 is 5.97 Å². The van der Waals surface area contributed by atoms with Crippen LogP contribution in [0.5, 0.6) is 0 Å². The molecule has 1 aliphatic rings. The summed E-state index contributed by atoms with van der Waals surface area (Å²) in [5.74, 6) is -0.812. The Morgan fingerprint density at radius 1 is 1.15 bits per heavy atom. The summed E-state index contributed by atoms with van der Waals surface area (Å²) >= 11 is 0. The third-order valence-corrected chi connectivity index (χ3v) is 4.01. The third-order valence-electron chi connectivity index (χ3n) is 4.01. The summed E-state index contributed by atoms with van der Waals surface area (Å²) in [4.78, 5) is 13.2. The van der Waals surface area contributed by atoms with Crippen molar-refractivity contribution in [2.45, 2.75) is 20.3 Å². The van der Waals surface area contributed by atoms with Crippen LogP contribution in [0.3, 0.4) is 0 Å². The average Bonchev–Trinajstić information content (AvgIpc) is 2.42. The minimum absolute atomic E-state index is 0.00565. The number of anilines is 2. The molecule has 1 aliphatic heterocycles. The maximum atomic E-state index is 11.2. The van der Waals surface area contributed by atoms with E-state index in [1.807, 2.05) is 23.1 Å². The molecular weight excluding hydrogens is 250 g/mol. The van der Waals surface area contributed by atoms with Gasteiger partial charge in [0.1, 0.15) is 6.54 Å². The fourth-order valence-electron chi connectivity index (χ4n) is 2.92. The maximum absolute atomic E-state index is 11.2. The van der Waals surface area contributed by atoms with Crippen LogP contribution in [0.4, 0.5) is 11.4 Å². The van der Waals surface area contributed by atoms with E-state index in [9.17, 15) is 9.90 Å². The number of hydrogen-bond donors (Lipinski definition) is 1. The normalized spacial score (nSPS) is 12.8. The van der Waals surface area contributed by atoms with E-state index in [1.54, 1.807) is 0 Å². The molecule has 0 saturated heterocycles. The summed E-state index contributed by atoms with van der Waals surface area (Å²) < 4.78 is 0. The van der Waals surface area contributed by atoms with Crippen LogP contribution in [0.25, 0.3) is 0 Å². The first-order valence-corrected chi connectivity index (χ1v) is 6.74. The molecule has 0 spiro atoms. The molecular formula is C17H17NO2. The van der Waals surface area contributed by atoms with Crippen molar-refractivity contribution in [2.24, 2.45) is 0 Å². The van der Waals surface area contributed by atoms with Crippen molar-refractivity contribution in [2.75, 3.05) is 11.4 Å². The highest BCUT2D eigenvalue weighted by atomic mass is 16.4. The summed E-state index contributed by atoms with van der Waals surface area (Å²) in [6.45, 7) is 4.13. The number of nitrogens with zero attached hydrogens (tertiary/aromatic N) is 1. The Morgan fingerprint density at radius 2 is 1.90 bits per heavy atom. The quantitative estimate of drug-likeness (QED) is 0.906. The molecule has 0 unspecified atom stereocenters. The number of aryl methyl sites for hydroxylation is 1. The van der Waals surface area contributed by atoms with E-state index in [2.05, 4.69) is 32.0 Å². The van der Waals surface area contributed by atoms with E-state index in [4.69, 9.17) is 0 Å². The van der Waals surface area contributed by atoms with Gasteiger partial charge in [-0.1, -0.05) is 30.3 Å². The van der Waals surface area contributed by atoms with Gasteiger partial charge in [0.15, 0.2) is 0 Å². The van der Waals surface area contributed by atoms with Gasteiger partial charge in [-0.05, 0) is 42.2 Å². The Kier molecular flexibility index (Phi) is 2.97. The summed E-state index contributed by atoms with van der Waals surface area (Å²) in [5, 5.41) is 9.24. The first kappa shape index (κ1) is 12.7. The molecule has 3 rings (SSSR count). The smallest absolute Gasteiger partial charge is 0.323 e. The summed E-state index contributed by atoms with van der Waals surface area (Å²) in [7, 11) is 0. The minimum Gasteiger partial charge on any atom is -0.480 e. The van der Waals surface area contributed by atoms with E-state index in [1.165, 1.54) is 22.3 Å². The second-order valence-corrected chi connectivity index (χ2v) is 5.30. The number of carboxylic acids is 1. The topological polar surface area (TPSA) is 40.5 Å². The Labute approximate surface area is 118 Å². The molecule has 1 heterocycles. The number of para-hydroxylation sites is 1. The van der Waals surface area contributed by atoms with Crippen molar-refractivity contribution in [3.05, 3.63) is 58.7 Å². The molecule has 0 aliphatic carbocycles. The molecule has 0 aromatic heterocycles. The van der Waals surface area contributed by atoms with Crippen LogP contribution < -0.4 is 4.90 Å². The molecule has 102 valence electrons. The van der Waals surface area contributed by atoms with Gasteiger partial charge in [0.05, 0.1) is 0 Å². The fourth-order valence-corrected chi connectivity index (χ4v) is 2.92. The van der Waals surface area contributed by atoms with Gasteiger partial charge in [0.2, 0.25) is 0 Å². The minimum atomic E-state index is -0.812. The highest BCUT2D eigenvalue weighted by molar-refractivity contribution is 5.84. The number of rotatable bonds is 2. The molecule has 0 fully saturated rings. The van der Waals surface area contributed by atoms with Crippen LogP contribution in [0.1, 0.15) is 22.3 Å². The lowest BCUT2D eigenvalue weighted by molar-refractivity contribution is -0.135. The van der Waals surface area contributed by atoms with Crippen molar-refractivity contribution in [1.29, 1.82) is 0 Å². The van der Waals surface area contributed by atoms with Crippen LogP contribution in [0.15, 0.2) is 36.4 Å². The van der Waals surface area contributed by atoms with Crippen molar-refractivity contribution in [3.63, 3.8) is 0 Å². The van der Waals surface area contributed by atoms with E-state index in [-0.39, 0.29) is 6.54 Å². The second-order valence-electron chi connectivity index (χ2n) is 5.30. The molecule has 2 aromatic carbocycles. The molecule has 3 nitrogen and oxygen atoms in total. The lowest BCUT2D eigenvalue weighted by atomic mass is 9.91. The largest absolute Gasteiger partial charge is 0.480 e. The zero-order valence-corrected chi connectivity index (χ0v) is 11.7. The summed E-state index contributed by atoms with van der Waals surface area (Å²) in [6, 6.07) is 12.3. The van der Waals surface area contributed by atoms with Gasteiger partial charge >= 0.3 is 5.97 Å². The Morgan fingerprint density at radius 3 is 2.65 bits per heavy atom. The molecule has 2 aromatic rings. The first-order valence-electron chi connectivity index (χ1n) is 6.74. The molecule has 0 atom stereocenters. The molecule has 0 radical (unpaired) electrons. The zero-order chi connectivity index (χ0) is 14.3. The number of carboxylic acid groups (broad SMARTS) is 1. The van der Waals surface area contributed by atoms with Gasteiger partial charge in [0.25, 0.3) is 0 Å². The van der Waals surface area contributed by atoms with E-state index in [0.29, 0.717) is 0 Å². The van der Waals surface area contributed by atoms with Crippen LogP contribution in [0.2, 0.25) is 0 Å². The Hall–Kier alpha value is -2.29. The highest BCUT2D eigenvalue weighted by Crippen LogP contribution is 2.41. The van der Waals surface area contributed by atoms with Gasteiger partial charge in [-0.3, -0.25) is 4.79 Å². The van der Waals surface area contributed by atoms with Gasteiger partial charge in [0, 0.05) is 17.8 Å². The monoisotopic (exact) mass is 267 g/mol. The van der Waals surface area contributed by atoms with Crippen LogP contribution in [-0.2, 0) is 11.2 Å². The molecule has 3 heteroatoms. The van der Waals surface area contributed by atoms with Crippen molar-refractivity contribution in [3.8, 4) is 0 Å². The van der Waals surface area contributed by atoms with E-state index >= 15 is 0 Å². The molecule has 0 bridgehead atoms. The van der Waals surface area contributed by atoms with Crippen LogP contribution in [0, 0.1) is 13.8 Å². The Balaban J connectivity index is 2.22. The van der Waals surface area contributed by atoms with E-state index in [0.717, 1.165) is 17.8 Å². The van der Waals surface area contributed by atoms with Gasteiger partial charge in [-0.25, -0.2) is 0 Å². The predicted molar refractivity (Wildman–Crippen MR) is 79.8 cm³/mol. The Bertz CT molecular complexity index is 691. The summed E-state index contributed by atoms with van der Waals surface area (Å²) in [5.41, 5.74) is 6.82. The number of fused-ring (bicyclic) bond motifs is 2. The van der Waals surface area contributed by atoms with Crippen LogP contribution in [-0.4, -0.2) is 17.6 Å². The van der Waals surface area contributed by atoms with Crippen molar-refractivity contribution < 1.29 is 9.90 Å². The number of carbonyl (C=O) groups is 1. The summed E-state index contributed by atoms with van der Waals surface area (Å²) in [6.07, 6.45) is 0.864. The van der Waals surface area contributed by atoms with Crippen LogP contribution >= 0.6 is 0 Å². The molecule has 0 amide bonds. The fraction of sp³-hybridized carbons (Fsp3) is 0.235. The number of benzene rings is 2. The molecule has 1 N–H and O–H groups in total. The zero-order valence-electron chi connectivity index (χ0n) is 11.7. The third kappa shape index (κ3) is 1.95. The standard InChI is InChI=1S/C17H17NO2/c1-11-7-8-14-9-13-5-3-4-6-15(13)18(10-16(19)20)17(14)12(11)2/h3-8H,9-10H2,1-2H3,(H,19,20). The van der Waals surface area contributed by atoms with Crippen molar-refractivity contribution >= 4 is 17.3 Å². The lowest BCUT2D eigenvalue weighted by Gasteiger charge is -2.34. The van der Waals surface area contributed by atoms with Gasteiger partial charge < -0.3 is 10.0 Å². The SMILES string of the molecule is Cc1ccc2c(c1C)N(CC(=O)O)c1ccccc1C2. The predicted octanol–water partition coefficient (Wildman–Crippen LogP) is 3.43. The molecule has 0 saturated carbocycles. The maximum Gasteiger partial charge on any atom is 0.323 e. The van der Waals surface area contributed by atoms with Gasteiger partial charge in [-0.2, -0.15) is 0 Å². The second kappa shape index (κ2) is 4.67. The number of aliphatic carboxylic acids is 1. The lowest BCUT2D eigenvalue weighted by Crippen LogP contribution is -2.30. The average molecular weight is 267 g/mol. The number of hydrogen-bond acceptors (Lipinski definition) is 2. The first-order chi connectivity index (χ1) is 9.58. The van der Waals surface area contributed by atoms with Crippen molar-refractivity contribution in [1.82, 2.24) is 0 Å². The van der Waals surface area contributed by atoms with Gasteiger partial charge in [-0.15, -0.1) is 0 Å². The highest BCUT2D eigenvalue weighted by Gasteiger charge is 2.25. The molecule has 20 heavy (non-hydrogen) atoms.